The third kappa shape index (κ3) is 5.43. The number of nitrogens with zero attached hydrogens (tertiary/aromatic N) is 2. The van der Waals surface area contributed by atoms with Crippen molar-refractivity contribution in [1.29, 1.82) is 0 Å². The van der Waals surface area contributed by atoms with Crippen LogP contribution < -0.4 is 4.74 Å². The lowest BCUT2D eigenvalue weighted by atomic mass is 10.0. The third-order valence-electron chi connectivity index (χ3n) is 6.67. The van der Waals surface area contributed by atoms with E-state index in [1.807, 2.05) is 24.3 Å². The normalized spacial score (nSPS) is 23.0. The number of methoxy groups -OCH3 is 1. The first-order valence-corrected chi connectivity index (χ1v) is 11.0. The number of hydrogen-bond acceptors (Lipinski definition) is 4. The SMILES string of the molecule is COc1ccc(CN(Cc2ccc(F)cc2)C(=O)CO[C@@H]2C[C@H]3CC[C@@H](C2)N3C)cc1. The minimum atomic E-state index is -0.281. The smallest absolute Gasteiger partial charge is 0.249 e. The molecule has 31 heavy (non-hydrogen) atoms. The van der Waals surface area contributed by atoms with Crippen LogP contribution in [0.25, 0.3) is 0 Å². The summed E-state index contributed by atoms with van der Waals surface area (Å²) in [6.45, 7) is 0.945. The maximum Gasteiger partial charge on any atom is 0.249 e. The van der Waals surface area contributed by atoms with Gasteiger partial charge in [-0.2, -0.15) is 0 Å². The number of carbonyl (C=O) groups is 1. The molecule has 0 saturated carbocycles. The third-order valence-corrected chi connectivity index (χ3v) is 6.67. The molecule has 2 aromatic carbocycles. The van der Waals surface area contributed by atoms with Crippen LogP contribution in [-0.4, -0.2) is 54.7 Å². The van der Waals surface area contributed by atoms with E-state index in [0.717, 1.165) is 29.7 Å². The van der Waals surface area contributed by atoms with Crippen molar-refractivity contribution in [3.05, 3.63) is 65.5 Å². The van der Waals surface area contributed by atoms with E-state index in [0.29, 0.717) is 25.2 Å². The first-order chi connectivity index (χ1) is 15.0. The fourth-order valence-electron chi connectivity index (χ4n) is 4.77. The van der Waals surface area contributed by atoms with Crippen LogP contribution >= 0.6 is 0 Å². The van der Waals surface area contributed by atoms with Gasteiger partial charge in [-0.15, -0.1) is 0 Å². The molecule has 5 nitrogen and oxygen atoms in total. The molecule has 6 heteroatoms. The molecular formula is C25H31FN2O3. The van der Waals surface area contributed by atoms with Gasteiger partial charge in [-0.05, 0) is 68.1 Å². The Morgan fingerprint density at radius 3 is 2.10 bits per heavy atom. The molecule has 4 rings (SSSR count). The van der Waals surface area contributed by atoms with E-state index in [2.05, 4.69) is 11.9 Å². The molecule has 2 aliphatic rings. The van der Waals surface area contributed by atoms with Crippen LogP contribution in [0.3, 0.4) is 0 Å². The van der Waals surface area contributed by atoms with Crippen LogP contribution in [0.1, 0.15) is 36.8 Å². The Kier molecular flexibility index (Phi) is 6.88. The number of amides is 1. The van der Waals surface area contributed by atoms with E-state index >= 15 is 0 Å². The van der Waals surface area contributed by atoms with E-state index in [9.17, 15) is 9.18 Å². The van der Waals surface area contributed by atoms with Crippen molar-refractivity contribution in [2.24, 2.45) is 0 Å². The van der Waals surface area contributed by atoms with Crippen molar-refractivity contribution < 1.29 is 18.7 Å². The summed E-state index contributed by atoms with van der Waals surface area (Å²) in [5.74, 6) is 0.448. The number of hydrogen-bond donors (Lipinski definition) is 0. The molecular weight excluding hydrogens is 395 g/mol. The lowest BCUT2D eigenvalue weighted by Gasteiger charge is -2.36. The highest BCUT2D eigenvalue weighted by Gasteiger charge is 2.39. The van der Waals surface area contributed by atoms with Crippen LogP contribution in [0.15, 0.2) is 48.5 Å². The first-order valence-electron chi connectivity index (χ1n) is 11.0. The Morgan fingerprint density at radius 1 is 1.00 bits per heavy atom. The predicted molar refractivity (Wildman–Crippen MR) is 117 cm³/mol. The zero-order valence-electron chi connectivity index (χ0n) is 18.3. The fourth-order valence-corrected chi connectivity index (χ4v) is 4.77. The largest absolute Gasteiger partial charge is 0.497 e. The maximum absolute atomic E-state index is 13.3. The Balaban J connectivity index is 1.40. The lowest BCUT2D eigenvalue weighted by Crippen LogP contribution is -2.44. The molecule has 0 radical (unpaired) electrons. The minimum absolute atomic E-state index is 0.0496. The van der Waals surface area contributed by atoms with E-state index < -0.39 is 0 Å². The highest BCUT2D eigenvalue weighted by molar-refractivity contribution is 5.77. The summed E-state index contributed by atoms with van der Waals surface area (Å²) in [4.78, 5) is 17.4. The molecule has 2 aliphatic heterocycles. The van der Waals surface area contributed by atoms with Crippen LogP contribution in [0.2, 0.25) is 0 Å². The van der Waals surface area contributed by atoms with Gasteiger partial charge in [0.15, 0.2) is 0 Å². The number of rotatable bonds is 8. The predicted octanol–water partition coefficient (Wildman–Crippen LogP) is 4.00. The molecule has 0 aromatic heterocycles. The zero-order chi connectivity index (χ0) is 21.8. The second kappa shape index (κ2) is 9.79. The van der Waals surface area contributed by atoms with Gasteiger partial charge in [0, 0.05) is 25.2 Å². The van der Waals surface area contributed by atoms with Crippen LogP contribution in [-0.2, 0) is 22.6 Å². The van der Waals surface area contributed by atoms with Crippen LogP contribution in [0, 0.1) is 5.82 Å². The van der Waals surface area contributed by atoms with Crippen LogP contribution in [0.4, 0.5) is 4.39 Å². The summed E-state index contributed by atoms with van der Waals surface area (Å²) in [6.07, 6.45) is 4.59. The van der Waals surface area contributed by atoms with E-state index in [-0.39, 0.29) is 24.4 Å². The number of ether oxygens (including phenoxy) is 2. The molecule has 2 saturated heterocycles. The van der Waals surface area contributed by atoms with Crippen molar-refractivity contribution in [3.63, 3.8) is 0 Å². The van der Waals surface area contributed by atoms with Gasteiger partial charge in [0.05, 0.1) is 13.2 Å². The van der Waals surface area contributed by atoms with Gasteiger partial charge in [0.25, 0.3) is 0 Å². The molecule has 2 fully saturated rings. The Morgan fingerprint density at radius 2 is 1.55 bits per heavy atom. The average Bonchev–Trinajstić information content (AvgIpc) is 2.99. The number of piperidine rings is 1. The van der Waals surface area contributed by atoms with Gasteiger partial charge in [-0.25, -0.2) is 4.39 Å². The molecule has 166 valence electrons. The number of carbonyl (C=O) groups excluding carboxylic acids is 1. The summed E-state index contributed by atoms with van der Waals surface area (Å²) < 4.78 is 24.6. The van der Waals surface area contributed by atoms with Gasteiger partial charge in [0.2, 0.25) is 5.91 Å². The van der Waals surface area contributed by atoms with E-state index in [4.69, 9.17) is 9.47 Å². The second-order valence-corrected chi connectivity index (χ2v) is 8.68. The molecule has 2 bridgehead atoms. The molecule has 2 aromatic rings. The zero-order valence-corrected chi connectivity index (χ0v) is 18.3. The van der Waals surface area contributed by atoms with Crippen molar-refractivity contribution in [2.75, 3.05) is 20.8 Å². The summed E-state index contributed by atoms with van der Waals surface area (Å²) in [7, 11) is 3.83. The monoisotopic (exact) mass is 426 g/mol. The number of fused-ring (bicyclic) bond motifs is 2. The highest BCUT2D eigenvalue weighted by Crippen LogP contribution is 2.35. The molecule has 0 unspecified atom stereocenters. The van der Waals surface area contributed by atoms with Crippen molar-refractivity contribution in [1.82, 2.24) is 9.80 Å². The quantitative estimate of drug-likeness (QED) is 0.640. The van der Waals surface area contributed by atoms with Crippen LogP contribution in [0.5, 0.6) is 5.75 Å². The average molecular weight is 427 g/mol. The lowest BCUT2D eigenvalue weighted by molar-refractivity contribution is -0.141. The van der Waals surface area contributed by atoms with Gasteiger partial charge < -0.3 is 19.3 Å². The summed E-state index contributed by atoms with van der Waals surface area (Å²) >= 11 is 0. The van der Waals surface area contributed by atoms with E-state index in [1.54, 1.807) is 24.1 Å². The van der Waals surface area contributed by atoms with Gasteiger partial charge in [-0.3, -0.25) is 4.79 Å². The highest BCUT2D eigenvalue weighted by atomic mass is 19.1. The number of benzene rings is 2. The summed E-state index contributed by atoms with van der Waals surface area (Å²) in [5, 5.41) is 0. The molecule has 3 atom stereocenters. The Hall–Kier alpha value is -2.44. The fraction of sp³-hybridized carbons (Fsp3) is 0.480. The molecule has 1 amide bonds. The second-order valence-electron chi connectivity index (χ2n) is 8.68. The maximum atomic E-state index is 13.3. The summed E-state index contributed by atoms with van der Waals surface area (Å²) in [5.41, 5.74) is 1.90. The Labute approximate surface area is 183 Å². The first kappa shape index (κ1) is 21.8. The van der Waals surface area contributed by atoms with Crippen molar-refractivity contribution >= 4 is 5.91 Å². The number of halogens is 1. The Bertz CT molecular complexity index is 857. The molecule has 2 heterocycles. The standard InChI is InChI=1S/C25H31FN2O3/c1-27-21-9-10-22(27)14-24(13-21)31-17-25(29)28(15-18-3-7-20(26)8-4-18)16-19-5-11-23(30-2)12-6-19/h3-8,11-12,21-22,24H,9-10,13-17H2,1-2H3/t21-,22+,24-. The van der Waals surface area contributed by atoms with Gasteiger partial charge >= 0.3 is 0 Å². The molecule has 0 N–H and O–H groups in total. The molecule has 0 aliphatic carbocycles. The topological polar surface area (TPSA) is 42.0 Å². The molecule has 0 spiro atoms. The van der Waals surface area contributed by atoms with Crippen molar-refractivity contribution in [3.8, 4) is 5.75 Å². The minimum Gasteiger partial charge on any atom is -0.497 e. The van der Waals surface area contributed by atoms with E-state index in [1.165, 1.54) is 25.0 Å². The summed E-state index contributed by atoms with van der Waals surface area (Å²) in [6, 6.07) is 15.1. The van der Waals surface area contributed by atoms with Gasteiger partial charge in [0.1, 0.15) is 18.2 Å². The van der Waals surface area contributed by atoms with Gasteiger partial charge in [-0.1, -0.05) is 24.3 Å². The van der Waals surface area contributed by atoms with Crippen molar-refractivity contribution in [2.45, 2.75) is 57.0 Å².